The molecule has 1 aliphatic rings. The average Bonchev–Trinajstić information content (AvgIpc) is 3.30. The molecule has 0 radical (unpaired) electrons. The van der Waals surface area contributed by atoms with Gasteiger partial charge in [0.15, 0.2) is 11.6 Å². The van der Waals surface area contributed by atoms with Crippen molar-refractivity contribution in [2.45, 2.75) is 30.6 Å². The van der Waals surface area contributed by atoms with Crippen molar-refractivity contribution in [3.05, 3.63) is 59.9 Å². The Hall–Kier alpha value is -3.04. The van der Waals surface area contributed by atoms with Crippen LogP contribution in [0.1, 0.15) is 41.9 Å². The lowest BCUT2D eigenvalue weighted by molar-refractivity contribution is 0.101. The molecule has 0 spiro atoms. The summed E-state index contributed by atoms with van der Waals surface area (Å²) in [5.41, 5.74) is 1.26. The maximum Gasteiger partial charge on any atom is 0.258 e. The molecule has 0 N–H and O–H groups in total. The van der Waals surface area contributed by atoms with E-state index in [2.05, 4.69) is 10.1 Å². The fraction of sp³-hybridized carbons (Fsp3) is 0.318. The number of hydrogen-bond donors (Lipinski definition) is 0. The third-order valence-electron chi connectivity index (χ3n) is 5.48. The molecule has 1 saturated heterocycles. The van der Waals surface area contributed by atoms with Gasteiger partial charge in [-0.3, -0.25) is 4.79 Å². The van der Waals surface area contributed by atoms with E-state index in [9.17, 15) is 13.2 Å². The Morgan fingerprint density at radius 2 is 1.84 bits per heavy atom. The Balaban J connectivity index is 1.44. The molecule has 0 bridgehead atoms. The maximum absolute atomic E-state index is 12.9. The van der Waals surface area contributed by atoms with Crippen LogP contribution >= 0.6 is 0 Å². The molecule has 162 valence electrons. The fourth-order valence-electron chi connectivity index (χ4n) is 3.64. The zero-order chi connectivity index (χ0) is 22.0. The third kappa shape index (κ3) is 4.38. The predicted molar refractivity (Wildman–Crippen MR) is 113 cm³/mol. The van der Waals surface area contributed by atoms with E-state index in [1.54, 1.807) is 19.2 Å². The Morgan fingerprint density at radius 1 is 1.13 bits per heavy atom. The summed E-state index contributed by atoms with van der Waals surface area (Å²) in [5.74, 6) is 1.62. The van der Waals surface area contributed by atoms with Crippen LogP contribution in [0.4, 0.5) is 0 Å². The summed E-state index contributed by atoms with van der Waals surface area (Å²) in [6, 6.07) is 13.4. The lowest BCUT2D eigenvalue weighted by atomic mass is 9.97. The predicted octanol–water partition coefficient (Wildman–Crippen LogP) is 3.52. The summed E-state index contributed by atoms with van der Waals surface area (Å²) < 4.78 is 38.0. The molecular formula is C22H23N3O5S. The largest absolute Gasteiger partial charge is 0.497 e. The van der Waals surface area contributed by atoms with Crippen LogP contribution in [0.15, 0.2) is 57.9 Å². The van der Waals surface area contributed by atoms with Gasteiger partial charge in [0.2, 0.25) is 10.0 Å². The number of piperidine rings is 1. The van der Waals surface area contributed by atoms with E-state index >= 15 is 0 Å². The third-order valence-corrected chi connectivity index (χ3v) is 7.39. The number of ether oxygens (including phenoxy) is 1. The molecule has 0 atom stereocenters. The van der Waals surface area contributed by atoms with Gasteiger partial charge < -0.3 is 9.26 Å². The van der Waals surface area contributed by atoms with E-state index in [1.165, 1.54) is 23.4 Å². The average molecular weight is 442 g/mol. The molecule has 1 fully saturated rings. The molecule has 31 heavy (non-hydrogen) atoms. The van der Waals surface area contributed by atoms with Crippen molar-refractivity contribution >= 4 is 15.8 Å². The van der Waals surface area contributed by atoms with Gasteiger partial charge in [0.05, 0.1) is 12.0 Å². The summed E-state index contributed by atoms with van der Waals surface area (Å²) in [4.78, 5) is 16.1. The number of rotatable bonds is 6. The number of methoxy groups -OCH3 is 1. The topological polar surface area (TPSA) is 103 Å². The zero-order valence-electron chi connectivity index (χ0n) is 17.3. The molecule has 0 unspecified atom stereocenters. The van der Waals surface area contributed by atoms with Crippen LogP contribution < -0.4 is 4.74 Å². The summed E-state index contributed by atoms with van der Waals surface area (Å²) in [7, 11) is -2.02. The van der Waals surface area contributed by atoms with E-state index in [4.69, 9.17) is 9.26 Å². The standard InChI is InChI=1S/C22H23N3O5S/c1-15(26)16-6-8-20(9-7-16)31(27,28)25-12-10-17(11-13-25)21-23-22(30-24-21)18-4-3-5-19(14-18)29-2/h3-9,14,17H,10-13H2,1-2H3. The van der Waals surface area contributed by atoms with Crippen molar-refractivity contribution in [3.63, 3.8) is 0 Å². The molecule has 9 heteroatoms. The highest BCUT2D eigenvalue weighted by atomic mass is 32.2. The number of hydrogen-bond acceptors (Lipinski definition) is 7. The van der Waals surface area contributed by atoms with Crippen molar-refractivity contribution in [1.82, 2.24) is 14.4 Å². The van der Waals surface area contributed by atoms with Gasteiger partial charge in [-0.15, -0.1) is 0 Å². The van der Waals surface area contributed by atoms with Gasteiger partial charge >= 0.3 is 0 Å². The highest BCUT2D eigenvalue weighted by Gasteiger charge is 2.32. The molecule has 3 aromatic rings. The monoisotopic (exact) mass is 441 g/mol. The SMILES string of the molecule is COc1cccc(-c2nc(C3CCN(S(=O)(=O)c4ccc(C(C)=O)cc4)CC3)no2)c1. The first kappa shape index (κ1) is 21.2. The summed E-state index contributed by atoms with van der Waals surface area (Å²) in [6.45, 7) is 2.18. The van der Waals surface area contributed by atoms with Crippen molar-refractivity contribution in [2.75, 3.05) is 20.2 Å². The molecule has 2 heterocycles. The minimum Gasteiger partial charge on any atom is -0.497 e. The van der Waals surface area contributed by atoms with Crippen LogP contribution in [0.5, 0.6) is 5.75 Å². The minimum absolute atomic E-state index is 0.0228. The normalized spacial score (nSPS) is 15.7. The highest BCUT2D eigenvalue weighted by Crippen LogP contribution is 2.31. The van der Waals surface area contributed by atoms with Gasteiger partial charge in [-0.2, -0.15) is 9.29 Å². The summed E-state index contributed by atoms with van der Waals surface area (Å²) >= 11 is 0. The van der Waals surface area contributed by atoms with Gasteiger partial charge in [-0.25, -0.2) is 8.42 Å². The molecule has 8 nitrogen and oxygen atoms in total. The van der Waals surface area contributed by atoms with E-state index in [0.29, 0.717) is 49.0 Å². The van der Waals surface area contributed by atoms with Crippen molar-refractivity contribution in [1.29, 1.82) is 0 Å². The second kappa shape index (κ2) is 8.60. The Kier molecular flexibility index (Phi) is 5.88. The number of nitrogens with zero attached hydrogens (tertiary/aromatic N) is 3. The van der Waals surface area contributed by atoms with Gasteiger partial charge in [0, 0.05) is 30.1 Å². The Labute approximate surface area is 180 Å². The lowest BCUT2D eigenvalue weighted by Crippen LogP contribution is -2.38. The molecular weight excluding hydrogens is 418 g/mol. The van der Waals surface area contributed by atoms with E-state index in [1.807, 2.05) is 24.3 Å². The van der Waals surface area contributed by atoms with E-state index in [-0.39, 0.29) is 16.6 Å². The zero-order valence-corrected chi connectivity index (χ0v) is 18.1. The number of aromatic nitrogens is 2. The number of benzene rings is 2. The van der Waals surface area contributed by atoms with Crippen LogP contribution in [0.3, 0.4) is 0 Å². The molecule has 2 aromatic carbocycles. The summed E-state index contributed by atoms with van der Waals surface area (Å²) in [6.07, 6.45) is 1.20. The minimum atomic E-state index is -3.61. The van der Waals surface area contributed by atoms with Crippen LogP contribution in [-0.4, -0.2) is 48.8 Å². The molecule has 0 saturated carbocycles. The Morgan fingerprint density at radius 3 is 2.48 bits per heavy atom. The van der Waals surface area contributed by atoms with Crippen LogP contribution in [0.2, 0.25) is 0 Å². The summed E-state index contributed by atoms with van der Waals surface area (Å²) in [5, 5.41) is 4.12. The van der Waals surface area contributed by atoms with Gasteiger partial charge in [-0.05, 0) is 50.1 Å². The second-order valence-corrected chi connectivity index (χ2v) is 9.39. The van der Waals surface area contributed by atoms with Gasteiger partial charge in [-0.1, -0.05) is 23.4 Å². The Bertz CT molecular complexity index is 1180. The number of carbonyl (C=O) groups excluding carboxylic acids is 1. The first-order valence-corrected chi connectivity index (χ1v) is 11.4. The van der Waals surface area contributed by atoms with Gasteiger partial charge in [0.1, 0.15) is 5.75 Å². The van der Waals surface area contributed by atoms with Gasteiger partial charge in [0.25, 0.3) is 5.89 Å². The number of sulfonamides is 1. The van der Waals surface area contributed by atoms with Crippen molar-refractivity contribution in [3.8, 4) is 17.2 Å². The van der Waals surface area contributed by atoms with E-state index < -0.39 is 10.0 Å². The molecule has 4 rings (SSSR count). The van der Waals surface area contributed by atoms with Crippen LogP contribution in [0.25, 0.3) is 11.5 Å². The highest BCUT2D eigenvalue weighted by molar-refractivity contribution is 7.89. The molecule has 1 aliphatic heterocycles. The molecule has 0 amide bonds. The number of Topliss-reactive ketones (excluding diaryl/α,β-unsaturated/α-hetero) is 1. The molecule has 1 aromatic heterocycles. The quantitative estimate of drug-likeness (QED) is 0.539. The number of ketones is 1. The second-order valence-electron chi connectivity index (χ2n) is 7.45. The number of carbonyl (C=O) groups is 1. The van der Waals surface area contributed by atoms with Crippen molar-refractivity contribution in [2.24, 2.45) is 0 Å². The smallest absolute Gasteiger partial charge is 0.258 e. The molecule has 0 aliphatic carbocycles. The first-order chi connectivity index (χ1) is 14.9. The van der Waals surface area contributed by atoms with E-state index in [0.717, 1.165) is 5.56 Å². The lowest BCUT2D eigenvalue weighted by Gasteiger charge is -2.29. The van der Waals surface area contributed by atoms with Crippen molar-refractivity contribution < 1.29 is 22.5 Å². The fourth-order valence-corrected chi connectivity index (χ4v) is 5.11. The first-order valence-electron chi connectivity index (χ1n) is 9.97. The van der Waals surface area contributed by atoms with Crippen LogP contribution in [-0.2, 0) is 10.0 Å². The maximum atomic E-state index is 12.9. The van der Waals surface area contributed by atoms with Crippen LogP contribution in [0, 0.1) is 0 Å².